The van der Waals surface area contributed by atoms with E-state index < -0.39 is 0 Å². The maximum Gasteiger partial charge on any atom is 0.143 e. The van der Waals surface area contributed by atoms with Gasteiger partial charge in [-0.15, -0.1) is 0 Å². The summed E-state index contributed by atoms with van der Waals surface area (Å²) in [5.41, 5.74) is 2.07. The molecule has 0 saturated carbocycles. The number of aliphatic hydroxyl groups is 1. The lowest BCUT2D eigenvalue weighted by Crippen LogP contribution is -2.33. The van der Waals surface area contributed by atoms with Gasteiger partial charge in [-0.25, -0.2) is 4.98 Å². The molecule has 2 aromatic rings. The van der Waals surface area contributed by atoms with Crippen LogP contribution in [0, 0.1) is 0 Å². The van der Waals surface area contributed by atoms with Crippen molar-refractivity contribution >= 4 is 0 Å². The van der Waals surface area contributed by atoms with E-state index in [1.165, 1.54) is 0 Å². The van der Waals surface area contributed by atoms with Gasteiger partial charge in [0, 0.05) is 5.56 Å². The van der Waals surface area contributed by atoms with Crippen molar-refractivity contribution in [2.24, 2.45) is 0 Å². The molecule has 6 nitrogen and oxygen atoms in total. The molecule has 1 atom stereocenters. The third-order valence-electron chi connectivity index (χ3n) is 3.77. The summed E-state index contributed by atoms with van der Waals surface area (Å²) < 4.78 is 22.0. The smallest absolute Gasteiger partial charge is 0.143 e. The van der Waals surface area contributed by atoms with Crippen molar-refractivity contribution in [2.45, 2.75) is 12.7 Å². The van der Waals surface area contributed by atoms with Crippen LogP contribution in [0.4, 0.5) is 0 Å². The van der Waals surface area contributed by atoms with Crippen LogP contribution in [0.25, 0.3) is 11.3 Å². The van der Waals surface area contributed by atoms with Crippen molar-refractivity contribution in [2.75, 3.05) is 33.5 Å². The van der Waals surface area contributed by atoms with E-state index in [0.29, 0.717) is 37.9 Å². The molecule has 1 N–H and O–H groups in total. The van der Waals surface area contributed by atoms with Gasteiger partial charge >= 0.3 is 0 Å². The summed E-state index contributed by atoms with van der Waals surface area (Å²) in [6.07, 6.45) is -0.0980. The molecule has 1 aromatic carbocycles. The fraction of sp³-hybridized carbons (Fsp3) is 0.389. The normalized spacial score (nSPS) is 17.5. The van der Waals surface area contributed by atoms with E-state index in [9.17, 15) is 5.11 Å². The molecule has 1 aliphatic rings. The lowest BCUT2D eigenvalue weighted by Gasteiger charge is -2.23. The topological polar surface area (TPSA) is 70.0 Å². The Labute approximate surface area is 141 Å². The molecule has 1 unspecified atom stereocenters. The predicted octanol–water partition coefficient (Wildman–Crippen LogP) is 2.04. The Hall–Kier alpha value is -2.15. The average molecular weight is 331 g/mol. The number of nitrogens with zero attached hydrogens (tertiary/aromatic N) is 1. The van der Waals surface area contributed by atoms with Crippen LogP contribution in [0.15, 0.2) is 36.4 Å². The summed E-state index contributed by atoms with van der Waals surface area (Å²) in [7, 11) is 1.62. The van der Waals surface area contributed by atoms with Gasteiger partial charge in [-0.05, 0) is 24.3 Å². The van der Waals surface area contributed by atoms with Crippen molar-refractivity contribution in [1.82, 2.24) is 4.98 Å². The highest BCUT2D eigenvalue weighted by Crippen LogP contribution is 2.30. The molecule has 3 rings (SSSR count). The third-order valence-corrected chi connectivity index (χ3v) is 3.77. The molecular weight excluding hydrogens is 310 g/mol. The minimum absolute atomic E-state index is 0.0980. The number of hydrogen-bond donors (Lipinski definition) is 1. The van der Waals surface area contributed by atoms with Crippen molar-refractivity contribution in [1.29, 1.82) is 0 Å². The Balaban J connectivity index is 1.77. The second-order valence-electron chi connectivity index (χ2n) is 5.38. The first-order valence-corrected chi connectivity index (χ1v) is 7.88. The Kier molecular flexibility index (Phi) is 5.63. The Bertz CT molecular complexity index is 670. The number of para-hydroxylation sites is 1. The number of pyridine rings is 1. The lowest BCUT2D eigenvalue weighted by molar-refractivity contribution is -0.101. The predicted molar refractivity (Wildman–Crippen MR) is 88.2 cm³/mol. The number of benzene rings is 1. The van der Waals surface area contributed by atoms with Gasteiger partial charge in [-0.2, -0.15) is 0 Å². The maximum absolute atomic E-state index is 9.62. The van der Waals surface area contributed by atoms with Gasteiger partial charge in [0.25, 0.3) is 0 Å². The highest BCUT2D eigenvalue weighted by Gasteiger charge is 2.17. The molecule has 0 bridgehead atoms. The summed E-state index contributed by atoms with van der Waals surface area (Å²) in [5.74, 6) is 1.28. The van der Waals surface area contributed by atoms with Crippen LogP contribution in [0.2, 0.25) is 0 Å². The summed E-state index contributed by atoms with van der Waals surface area (Å²) in [5, 5.41) is 9.62. The maximum atomic E-state index is 9.62. The molecule has 1 saturated heterocycles. The molecule has 0 radical (unpaired) electrons. The first kappa shape index (κ1) is 16.7. The van der Waals surface area contributed by atoms with E-state index in [0.717, 1.165) is 17.0 Å². The summed E-state index contributed by atoms with van der Waals surface area (Å²) in [6.45, 7) is 1.86. The van der Waals surface area contributed by atoms with Crippen LogP contribution in [-0.4, -0.2) is 49.7 Å². The lowest BCUT2D eigenvalue weighted by atomic mass is 10.1. The molecule has 1 aliphatic heterocycles. The molecule has 0 aliphatic carbocycles. The minimum Gasteiger partial charge on any atom is -0.496 e. The largest absolute Gasteiger partial charge is 0.496 e. The van der Waals surface area contributed by atoms with Gasteiger partial charge in [-0.1, -0.05) is 12.1 Å². The number of rotatable bonds is 6. The van der Waals surface area contributed by atoms with Gasteiger partial charge in [0.2, 0.25) is 0 Å². The molecule has 0 amide bonds. The van der Waals surface area contributed by atoms with Crippen LogP contribution in [0.3, 0.4) is 0 Å². The van der Waals surface area contributed by atoms with E-state index in [2.05, 4.69) is 4.98 Å². The minimum atomic E-state index is -0.208. The molecule has 2 heterocycles. The van der Waals surface area contributed by atoms with Gasteiger partial charge in [0.05, 0.1) is 39.2 Å². The highest BCUT2D eigenvalue weighted by molar-refractivity contribution is 5.67. The monoisotopic (exact) mass is 331 g/mol. The van der Waals surface area contributed by atoms with Crippen molar-refractivity contribution in [3.05, 3.63) is 42.1 Å². The van der Waals surface area contributed by atoms with E-state index >= 15 is 0 Å². The molecule has 1 fully saturated rings. The Morgan fingerprint density at radius 1 is 1.17 bits per heavy atom. The Morgan fingerprint density at radius 2 is 2.04 bits per heavy atom. The van der Waals surface area contributed by atoms with Gasteiger partial charge < -0.3 is 24.1 Å². The molecule has 1 aromatic heterocycles. The second-order valence-corrected chi connectivity index (χ2v) is 5.38. The molecule has 0 spiro atoms. The second kappa shape index (κ2) is 8.10. The van der Waals surface area contributed by atoms with Crippen LogP contribution in [0.1, 0.15) is 5.69 Å². The average Bonchev–Trinajstić information content (AvgIpc) is 2.67. The molecular formula is C18H21NO5. The van der Waals surface area contributed by atoms with E-state index in [4.69, 9.17) is 18.9 Å². The van der Waals surface area contributed by atoms with Gasteiger partial charge in [0.15, 0.2) is 0 Å². The first-order chi connectivity index (χ1) is 11.8. The number of methoxy groups -OCH3 is 1. The zero-order valence-electron chi connectivity index (χ0n) is 13.6. The summed E-state index contributed by atoms with van der Waals surface area (Å²) in [6, 6.07) is 11.3. The molecule has 24 heavy (non-hydrogen) atoms. The van der Waals surface area contributed by atoms with Gasteiger partial charge in [0.1, 0.15) is 29.9 Å². The number of aromatic nitrogens is 1. The zero-order valence-corrected chi connectivity index (χ0v) is 13.6. The Morgan fingerprint density at radius 3 is 2.79 bits per heavy atom. The van der Waals surface area contributed by atoms with E-state index in [-0.39, 0.29) is 12.7 Å². The number of hydrogen-bond acceptors (Lipinski definition) is 6. The summed E-state index contributed by atoms with van der Waals surface area (Å²) >= 11 is 0. The van der Waals surface area contributed by atoms with Gasteiger partial charge in [-0.3, -0.25) is 0 Å². The fourth-order valence-corrected chi connectivity index (χ4v) is 2.56. The standard InChI is InChI=1S/C18H21NO5/c1-21-17-5-3-2-4-14(17)15-6-7-18(16(10-20)19-15)24-12-13-11-22-8-9-23-13/h2-7,13,20H,8-12H2,1H3. The highest BCUT2D eigenvalue weighted by atomic mass is 16.6. The molecule has 6 heteroatoms. The number of ether oxygens (including phenoxy) is 4. The van der Waals surface area contributed by atoms with Crippen molar-refractivity contribution < 1.29 is 24.1 Å². The van der Waals surface area contributed by atoms with Crippen LogP contribution >= 0.6 is 0 Å². The van der Waals surface area contributed by atoms with E-state index in [1.807, 2.05) is 36.4 Å². The van der Waals surface area contributed by atoms with E-state index in [1.54, 1.807) is 7.11 Å². The van der Waals surface area contributed by atoms with Crippen LogP contribution in [0.5, 0.6) is 11.5 Å². The molecule has 128 valence electrons. The SMILES string of the molecule is COc1ccccc1-c1ccc(OCC2COCCO2)c(CO)n1. The van der Waals surface area contributed by atoms with Crippen LogP contribution < -0.4 is 9.47 Å². The van der Waals surface area contributed by atoms with Crippen molar-refractivity contribution in [3.63, 3.8) is 0 Å². The first-order valence-electron chi connectivity index (χ1n) is 7.88. The summed E-state index contributed by atoms with van der Waals surface area (Å²) in [4.78, 5) is 4.51. The van der Waals surface area contributed by atoms with Crippen LogP contribution in [-0.2, 0) is 16.1 Å². The van der Waals surface area contributed by atoms with Crippen molar-refractivity contribution in [3.8, 4) is 22.8 Å². The quantitative estimate of drug-likeness (QED) is 0.873. The number of aliphatic hydroxyl groups excluding tert-OH is 1. The zero-order chi connectivity index (χ0) is 16.8. The fourth-order valence-electron chi connectivity index (χ4n) is 2.56. The third kappa shape index (κ3) is 3.84.